The first-order valence-electron chi connectivity index (χ1n) is 10.8. The monoisotopic (exact) mass is 468 g/mol. The van der Waals surface area contributed by atoms with Crippen molar-refractivity contribution in [2.24, 2.45) is 0 Å². The van der Waals surface area contributed by atoms with Crippen LogP contribution in [0.25, 0.3) is 11.3 Å². The van der Waals surface area contributed by atoms with Gasteiger partial charge in [-0.25, -0.2) is 14.8 Å². The summed E-state index contributed by atoms with van der Waals surface area (Å²) < 4.78 is 47.5. The van der Waals surface area contributed by atoms with Crippen molar-refractivity contribution < 1.29 is 27.8 Å². The molecule has 0 unspecified atom stereocenters. The third kappa shape index (κ3) is 4.90. The molecule has 1 N–H and O–H groups in total. The molecule has 2 aliphatic rings. The standard InChI is InChI=1S/C21H27F3N6O3/c1-12-16(31)11-29(12)18-26-15(7-17(27-18)21(22,23)24)13-8-25-30(9-13)14-5-6-28(10-14)19(32)33-20(2,3)4/h7-9,12,14,16,31H,5-6,10-11H2,1-4H3/t12-,14+,16+/m0/s1. The Labute approximate surface area is 189 Å². The van der Waals surface area contributed by atoms with E-state index in [0.717, 1.165) is 6.07 Å². The maximum atomic E-state index is 13.5. The zero-order chi connectivity index (χ0) is 24.1. The number of ether oxygens (including phenoxy) is 1. The van der Waals surface area contributed by atoms with Crippen molar-refractivity contribution in [1.82, 2.24) is 24.6 Å². The summed E-state index contributed by atoms with van der Waals surface area (Å²) in [5.74, 6) is -0.0812. The normalized spacial score (nSPS) is 23.6. The Balaban J connectivity index is 1.55. The van der Waals surface area contributed by atoms with Crippen molar-refractivity contribution in [2.45, 2.75) is 64.1 Å². The van der Waals surface area contributed by atoms with Gasteiger partial charge in [-0.2, -0.15) is 18.3 Å². The number of alkyl halides is 3. The molecule has 0 radical (unpaired) electrons. The minimum atomic E-state index is -4.64. The Morgan fingerprint density at radius 2 is 1.94 bits per heavy atom. The predicted molar refractivity (Wildman–Crippen MR) is 113 cm³/mol. The van der Waals surface area contributed by atoms with Gasteiger partial charge in [0.1, 0.15) is 5.60 Å². The summed E-state index contributed by atoms with van der Waals surface area (Å²) in [5.41, 5.74) is -1.15. The second-order valence-corrected chi connectivity index (χ2v) is 9.47. The Morgan fingerprint density at radius 1 is 1.21 bits per heavy atom. The quantitative estimate of drug-likeness (QED) is 0.739. The molecular weight excluding hydrogens is 441 g/mol. The van der Waals surface area contributed by atoms with E-state index in [1.165, 1.54) is 11.1 Å². The van der Waals surface area contributed by atoms with E-state index >= 15 is 0 Å². The number of rotatable bonds is 3. The molecule has 4 rings (SSSR count). The van der Waals surface area contributed by atoms with E-state index in [4.69, 9.17) is 4.74 Å². The van der Waals surface area contributed by atoms with Crippen molar-refractivity contribution in [1.29, 1.82) is 0 Å². The Kier molecular flexibility index (Phi) is 5.75. The van der Waals surface area contributed by atoms with Crippen LogP contribution in [0.2, 0.25) is 0 Å². The molecule has 12 heteroatoms. The van der Waals surface area contributed by atoms with E-state index in [1.807, 2.05) is 0 Å². The number of carbonyl (C=O) groups excluding carboxylic acids is 1. The van der Waals surface area contributed by atoms with E-state index in [1.54, 1.807) is 43.5 Å². The summed E-state index contributed by atoms with van der Waals surface area (Å²) in [6.45, 7) is 8.15. The van der Waals surface area contributed by atoms with E-state index in [2.05, 4.69) is 15.1 Å². The number of β-amino-alcohol motifs (C(OH)–C–C–N with tert-alkyl or cyclic N) is 1. The van der Waals surface area contributed by atoms with E-state index in [9.17, 15) is 23.1 Å². The van der Waals surface area contributed by atoms with Crippen molar-refractivity contribution in [3.8, 4) is 11.3 Å². The SMILES string of the molecule is C[C@H]1[C@H](O)CN1c1nc(-c2cnn([C@@H]3CCN(C(=O)OC(C)(C)C)C3)c2)cc(C(F)(F)F)n1. The van der Waals surface area contributed by atoms with Gasteiger partial charge in [-0.1, -0.05) is 0 Å². The highest BCUT2D eigenvalue weighted by Gasteiger charge is 2.39. The van der Waals surface area contributed by atoms with Crippen molar-refractivity contribution >= 4 is 12.0 Å². The molecule has 2 aromatic heterocycles. The van der Waals surface area contributed by atoms with Crippen LogP contribution in [-0.2, 0) is 10.9 Å². The number of hydrogen-bond donors (Lipinski definition) is 1. The van der Waals surface area contributed by atoms with Crippen molar-refractivity contribution in [3.05, 3.63) is 24.2 Å². The van der Waals surface area contributed by atoms with Crippen LogP contribution in [0.15, 0.2) is 18.5 Å². The fourth-order valence-corrected chi connectivity index (χ4v) is 3.83. The van der Waals surface area contributed by atoms with Gasteiger partial charge in [-0.05, 0) is 40.2 Å². The number of nitrogens with zero attached hydrogens (tertiary/aromatic N) is 6. The number of halogens is 3. The smallest absolute Gasteiger partial charge is 0.433 e. The fourth-order valence-electron chi connectivity index (χ4n) is 3.83. The van der Waals surface area contributed by atoms with Crippen LogP contribution in [0.4, 0.5) is 23.9 Å². The third-order valence-corrected chi connectivity index (χ3v) is 5.78. The molecular formula is C21H27F3N6O3. The lowest BCUT2D eigenvalue weighted by Crippen LogP contribution is -2.59. The number of aromatic nitrogens is 4. The molecule has 9 nitrogen and oxygen atoms in total. The van der Waals surface area contributed by atoms with Gasteiger partial charge in [0.05, 0.1) is 30.1 Å². The van der Waals surface area contributed by atoms with Crippen molar-refractivity contribution in [3.63, 3.8) is 0 Å². The molecule has 1 amide bonds. The van der Waals surface area contributed by atoms with Crippen LogP contribution in [0.1, 0.15) is 45.9 Å². The van der Waals surface area contributed by atoms with E-state index in [0.29, 0.717) is 25.1 Å². The van der Waals surface area contributed by atoms with Gasteiger partial charge < -0.3 is 19.6 Å². The third-order valence-electron chi connectivity index (χ3n) is 5.78. The van der Waals surface area contributed by atoms with Crippen LogP contribution >= 0.6 is 0 Å². The highest BCUT2D eigenvalue weighted by atomic mass is 19.4. The summed E-state index contributed by atoms with van der Waals surface area (Å²) in [6.07, 6.45) is -1.95. The number of likely N-dealkylation sites (tertiary alicyclic amines) is 1. The molecule has 2 aromatic rings. The molecule has 4 heterocycles. The van der Waals surface area contributed by atoms with Crippen LogP contribution in [0.3, 0.4) is 0 Å². The maximum absolute atomic E-state index is 13.5. The topological polar surface area (TPSA) is 96.6 Å². The molecule has 2 saturated heterocycles. The molecule has 0 bridgehead atoms. The van der Waals surface area contributed by atoms with Gasteiger partial charge in [-0.3, -0.25) is 4.68 Å². The summed E-state index contributed by atoms with van der Waals surface area (Å²) in [6, 6.07) is 0.398. The number of aliphatic hydroxyl groups is 1. The first kappa shape index (κ1) is 23.3. The van der Waals surface area contributed by atoms with E-state index < -0.39 is 29.7 Å². The highest BCUT2D eigenvalue weighted by molar-refractivity contribution is 5.68. The number of amides is 1. The number of hydrogen-bond acceptors (Lipinski definition) is 7. The lowest BCUT2D eigenvalue weighted by molar-refractivity contribution is -0.141. The molecule has 2 aliphatic heterocycles. The Hall–Kier alpha value is -2.89. The van der Waals surface area contributed by atoms with E-state index in [-0.39, 0.29) is 30.3 Å². The van der Waals surface area contributed by atoms with Gasteiger partial charge in [0.25, 0.3) is 0 Å². The largest absolute Gasteiger partial charge is 0.444 e. The molecule has 180 valence electrons. The highest BCUT2D eigenvalue weighted by Crippen LogP contribution is 2.34. The lowest BCUT2D eigenvalue weighted by atomic mass is 10.0. The average Bonchev–Trinajstić information content (AvgIpc) is 3.39. The Morgan fingerprint density at radius 3 is 2.55 bits per heavy atom. The van der Waals surface area contributed by atoms with Crippen LogP contribution in [0, 0.1) is 0 Å². The van der Waals surface area contributed by atoms with Gasteiger partial charge >= 0.3 is 12.3 Å². The van der Waals surface area contributed by atoms with Crippen molar-refractivity contribution in [2.75, 3.05) is 24.5 Å². The van der Waals surface area contributed by atoms with Gasteiger partial charge in [0.15, 0.2) is 5.69 Å². The second kappa shape index (κ2) is 8.15. The number of aliphatic hydroxyl groups excluding tert-OH is 1. The summed E-state index contributed by atoms with van der Waals surface area (Å²) in [4.78, 5) is 23.4. The maximum Gasteiger partial charge on any atom is 0.433 e. The fraction of sp³-hybridized carbons (Fsp3) is 0.619. The van der Waals surface area contributed by atoms with Crippen LogP contribution in [0.5, 0.6) is 0 Å². The zero-order valence-corrected chi connectivity index (χ0v) is 18.9. The molecule has 0 aliphatic carbocycles. The summed E-state index contributed by atoms with van der Waals surface area (Å²) in [5, 5.41) is 14.1. The average molecular weight is 468 g/mol. The molecule has 3 atom stereocenters. The summed E-state index contributed by atoms with van der Waals surface area (Å²) in [7, 11) is 0. The molecule has 33 heavy (non-hydrogen) atoms. The lowest BCUT2D eigenvalue weighted by Gasteiger charge is -2.43. The zero-order valence-electron chi connectivity index (χ0n) is 18.9. The number of carbonyl (C=O) groups is 1. The molecule has 0 spiro atoms. The minimum Gasteiger partial charge on any atom is -0.444 e. The summed E-state index contributed by atoms with van der Waals surface area (Å²) >= 11 is 0. The minimum absolute atomic E-state index is 0.0812. The predicted octanol–water partition coefficient (Wildman–Crippen LogP) is 3.11. The van der Waals surface area contributed by atoms with Crippen LogP contribution in [-0.4, -0.2) is 73.2 Å². The van der Waals surface area contributed by atoms with Gasteiger partial charge in [-0.15, -0.1) is 0 Å². The molecule has 0 aromatic carbocycles. The second-order valence-electron chi connectivity index (χ2n) is 9.47. The molecule has 0 saturated carbocycles. The Bertz CT molecular complexity index is 1030. The van der Waals surface area contributed by atoms with Gasteiger partial charge in [0.2, 0.25) is 5.95 Å². The molecule has 2 fully saturated rings. The van der Waals surface area contributed by atoms with Gasteiger partial charge in [0, 0.05) is 31.4 Å². The van der Waals surface area contributed by atoms with Crippen LogP contribution < -0.4 is 4.90 Å². The first-order chi connectivity index (χ1) is 15.3. The first-order valence-corrected chi connectivity index (χ1v) is 10.8. The number of anilines is 1.